The van der Waals surface area contributed by atoms with Crippen LogP contribution in [0.2, 0.25) is 0 Å². The zero-order valence-electron chi connectivity index (χ0n) is 9.67. The van der Waals surface area contributed by atoms with Crippen molar-refractivity contribution in [2.24, 2.45) is 5.92 Å². The lowest BCUT2D eigenvalue weighted by Crippen LogP contribution is -2.30. The number of aliphatic hydroxyl groups is 1. The quantitative estimate of drug-likeness (QED) is 0.800. The Morgan fingerprint density at radius 2 is 2.47 bits per heavy atom. The molecular weight excluding hydrogens is 218 g/mol. The van der Waals surface area contributed by atoms with Gasteiger partial charge >= 0.3 is 0 Å². The minimum atomic E-state index is -0.108. The Balaban J connectivity index is 2.05. The summed E-state index contributed by atoms with van der Waals surface area (Å²) in [5.41, 5.74) is 6.48. The van der Waals surface area contributed by atoms with Crippen LogP contribution in [-0.4, -0.2) is 40.6 Å². The second-order valence-corrected chi connectivity index (χ2v) is 4.36. The van der Waals surface area contributed by atoms with Gasteiger partial charge < -0.3 is 15.7 Å². The molecule has 0 saturated carbocycles. The van der Waals surface area contributed by atoms with Gasteiger partial charge in [-0.3, -0.25) is 4.79 Å². The molecule has 92 valence electrons. The van der Waals surface area contributed by atoms with Gasteiger partial charge in [0.15, 0.2) is 5.69 Å². The molecule has 0 bridgehead atoms. The van der Waals surface area contributed by atoms with Crippen LogP contribution >= 0.6 is 0 Å². The molecule has 1 aliphatic rings. The number of hydrogen-bond donors (Lipinski definition) is 2. The maximum atomic E-state index is 12.1. The number of amides is 1. The van der Waals surface area contributed by atoms with E-state index in [0.29, 0.717) is 23.8 Å². The third-order valence-corrected chi connectivity index (χ3v) is 3.15. The SMILES string of the molecule is Nc1cccnc1C(=O)N1CCC(CCO)C1. The molecule has 0 aliphatic carbocycles. The second-order valence-electron chi connectivity index (χ2n) is 4.36. The minimum absolute atomic E-state index is 0.108. The number of nitrogens with zero attached hydrogens (tertiary/aromatic N) is 2. The average molecular weight is 235 g/mol. The molecule has 2 rings (SSSR count). The molecule has 0 spiro atoms. The van der Waals surface area contributed by atoms with Crippen molar-refractivity contribution < 1.29 is 9.90 Å². The average Bonchev–Trinajstić information content (AvgIpc) is 2.78. The third kappa shape index (κ3) is 2.55. The first-order valence-electron chi connectivity index (χ1n) is 5.83. The summed E-state index contributed by atoms with van der Waals surface area (Å²) in [5, 5.41) is 8.88. The number of anilines is 1. The number of aliphatic hydroxyl groups excluding tert-OH is 1. The van der Waals surface area contributed by atoms with Gasteiger partial charge in [-0.25, -0.2) is 4.98 Å². The van der Waals surface area contributed by atoms with Gasteiger partial charge in [0.1, 0.15) is 0 Å². The highest BCUT2D eigenvalue weighted by Gasteiger charge is 2.27. The lowest BCUT2D eigenvalue weighted by Gasteiger charge is -2.16. The Kier molecular flexibility index (Phi) is 3.58. The van der Waals surface area contributed by atoms with Gasteiger partial charge in [0.2, 0.25) is 0 Å². The summed E-state index contributed by atoms with van der Waals surface area (Å²) in [6.45, 7) is 1.59. The topological polar surface area (TPSA) is 79.5 Å². The highest BCUT2D eigenvalue weighted by Crippen LogP contribution is 2.21. The fourth-order valence-corrected chi connectivity index (χ4v) is 2.18. The minimum Gasteiger partial charge on any atom is -0.397 e. The van der Waals surface area contributed by atoms with E-state index in [1.807, 2.05) is 0 Å². The maximum Gasteiger partial charge on any atom is 0.274 e. The van der Waals surface area contributed by atoms with E-state index < -0.39 is 0 Å². The summed E-state index contributed by atoms with van der Waals surface area (Å²) in [7, 11) is 0. The van der Waals surface area contributed by atoms with Crippen LogP contribution in [0.4, 0.5) is 5.69 Å². The van der Waals surface area contributed by atoms with Gasteiger partial charge in [-0.05, 0) is 30.9 Å². The van der Waals surface area contributed by atoms with Gasteiger partial charge in [0.25, 0.3) is 5.91 Å². The van der Waals surface area contributed by atoms with Crippen LogP contribution in [0.25, 0.3) is 0 Å². The molecule has 1 aromatic rings. The fourth-order valence-electron chi connectivity index (χ4n) is 2.18. The Morgan fingerprint density at radius 1 is 1.65 bits per heavy atom. The number of nitrogens with two attached hydrogens (primary N) is 1. The van der Waals surface area contributed by atoms with E-state index >= 15 is 0 Å². The van der Waals surface area contributed by atoms with Gasteiger partial charge in [-0.2, -0.15) is 0 Å². The van der Waals surface area contributed by atoms with Crippen LogP contribution in [0.1, 0.15) is 23.3 Å². The molecule has 5 heteroatoms. The Bertz CT molecular complexity index is 408. The maximum absolute atomic E-state index is 12.1. The summed E-state index contributed by atoms with van der Waals surface area (Å²) in [6, 6.07) is 3.40. The van der Waals surface area contributed by atoms with Crippen molar-refractivity contribution in [3.8, 4) is 0 Å². The lowest BCUT2D eigenvalue weighted by molar-refractivity contribution is 0.0780. The number of hydrogen-bond acceptors (Lipinski definition) is 4. The van der Waals surface area contributed by atoms with Gasteiger partial charge in [0.05, 0.1) is 5.69 Å². The zero-order chi connectivity index (χ0) is 12.3. The molecule has 1 fully saturated rings. The molecule has 0 aromatic carbocycles. The smallest absolute Gasteiger partial charge is 0.274 e. The number of rotatable bonds is 3. The first-order valence-corrected chi connectivity index (χ1v) is 5.83. The Morgan fingerprint density at radius 3 is 3.18 bits per heavy atom. The fraction of sp³-hybridized carbons (Fsp3) is 0.500. The van der Waals surface area contributed by atoms with Crippen molar-refractivity contribution in [2.75, 3.05) is 25.4 Å². The van der Waals surface area contributed by atoms with Crippen LogP contribution in [0.3, 0.4) is 0 Å². The number of pyridine rings is 1. The second kappa shape index (κ2) is 5.14. The molecule has 1 unspecified atom stereocenters. The first kappa shape index (κ1) is 11.9. The molecule has 3 N–H and O–H groups in total. The van der Waals surface area contributed by atoms with E-state index in [1.54, 1.807) is 23.2 Å². The van der Waals surface area contributed by atoms with E-state index in [9.17, 15) is 4.79 Å². The molecule has 1 aromatic heterocycles. The standard InChI is InChI=1S/C12H17N3O2/c13-10-2-1-5-14-11(10)12(17)15-6-3-9(8-15)4-7-16/h1-2,5,9,16H,3-4,6-8,13H2. The van der Waals surface area contributed by atoms with Crippen molar-refractivity contribution in [2.45, 2.75) is 12.8 Å². The lowest BCUT2D eigenvalue weighted by atomic mass is 10.1. The van der Waals surface area contributed by atoms with Gasteiger partial charge in [0, 0.05) is 25.9 Å². The molecule has 1 saturated heterocycles. The van der Waals surface area contributed by atoms with Crippen molar-refractivity contribution >= 4 is 11.6 Å². The van der Waals surface area contributed by atoms with Crippen molar-refractivity contribution in [3.63, 3.8) is 0 Å². The predicted octanol–water partition coefficient (Wildman–Crippen LogP) is 0.508. The van der Waals surface area contributed by atoms with Crippen molar-refractivity contribution in [1.29, 1.82) is 0 Å². The van der Waals surface area contributed by atoms with Gasteiger partial charge in [-0.1, -0.05) is 0 Å². The Hall–Kier alpha value is -1.62. The monoisotopic (exact) mass is 235 g/mol. The molecule has 1 aliphatic heterocycles. The van der Waals surface area contributed by atoms with Crippen molar-refractivity contribution in [1.82, 2.24) is 9.88 Å². The van der Waals surface area contributed by atoms with Crippen molar-refractivity contribution in [3.05, 3.63) is 24.0 Å². The van der Waals surface area contributed by atoms with Gasteiger partial charge in [-0.15, -0.1) is 0 Å². The molecule has 1 amide bonds. The summed E-state index contributed by atoms with van der Waals surface area (Å²) < 4.78 is 0. The molecule has 1 atom stereocenters. The summed E-state index contributed by atoms with van der Waals surface area (Å²) in [4.78, 5) is 17.9. The largest absolute Gasteiger partial charge is 0.397 e. The first-order chi connectivity index (χ1) is 8.22. The highest BCUT2D eigenvalue weighted by atomic mass is 16.3. The van der Waals surface area contributed by atoms with E-state index in [0.717, 1.165) is 19.4 Å². The van der Waals surface area contributed by atoms with E-state index in [1.165, 1.54) is 0 Å². The third-order valence-electron chi connectivity index (χ3n) is 3.15. The number of carbonyl (C=O) groups is 1. The van der Waals surface area contributed by atoms with Crippen LogP contribution in [0.5, 0.6) is 0 Å². The van der Waals surface area contributed by atoms with E-state index in [4.69, 9.17) is 10.8 Å². The normalized spacial score (nSPS) is 19.6. The number of nitrogen functional groups attached to an aromatic ring is 1. The predicted molar refractivity (Wildman–Crippen MR) is 64.4 cm³/mol. The summed E-state index contributed by atoms with van der Waals surface area (Å²) in [5.74, 6) is 0.289. The van der Waals surface area contributed by atoms with Crippen LogP contribution in [0.15, 0.2) is 18.3 Å². The van der Waals surface area contributed by atoms with E-state index in [2.05, 4.69) is 4.98 Å². The van der Waals surface area contributed by atoms with Crippen LogP contribution in [0, 0.1) is 5.92 Å². The highest BCUT2D eigenvalue weighted by molar-refractivity contribution is 5.97. The number of carbonyl (C=O) groups excluding carboxylic acids is 1. The van der Waals surface area contributed by atoms with Crippen LogP contribution in [-0.2, 0) is 0 Å². The molecule has 2 heterocycles. The number of likely N-dealkylation sites (tertiary alicyclic amines) is 1. The number of aromatic nitrogens is 1. The molecular formula is C12H17N3O2. The Labute approximate surface area is 100 Å². The summed E-state index contributed by atoms with van der Waals surface area (Å²) >= 11 is 0. The molecule has 0 radical (unpaired) electrons. The zero-order valence-corrected chi connectivity index (χ0v) is 9.67. The van der Waals surface area contributed by atoms with Crippen LogP contribution < -0.4 is 5.73 Å². The summed E-state index contributed by atoms with van der Waals surface area (Å²) in [6.07, 6.45) is 3.27. The van der Waals surface area contributed by atoms with E-state index in [-0.39, 0.29) is 12.5 Å². The molecule has 5 nitrogen and oxygen atoms in total. The molecule has 17 heavy (non-hydrogen) atoms.